The van der Waals surface area contributed by atoms with Crippen LogP contribution in [0.25, 0.3) is 0 Å². The molecule has 0 rings (SSSR count). The van der Waals surface area contributed by atoms with E-state index in [2.05, 4.69) is 4.74 Å². The highest BCUT2D eigenvalue weighted by Gasteiger charge is 1.95. The third kappa shape index (κ3) is 5.15. The first-order valence-corrected chi connectivity index (χ1v) is 3.20. The van der Waals surface area contributed by atoms with E-state index in [9.17, 15) is 4.79 Å². The van der Waals surface area contributed by atoms with Crippen LogP contribution in [-0.2, 0) is 9.53 Å². The lowest BCUT2D eigenvalue weighted by Crippen LogP contribution is -2.01. The van der Waals surface area contributed by atoms with Crippen molar-refractivity contribution in [2.45, 2.75) is 20.3 Å². The lowest BCUT2D eigenvalue weighted by atomic mass is 10.5. The van der Waals surface area contributed by atoms with Crippen molar-refractivity contribution in [2.24, 2.45) is 0 Å². The molecule has 1 N–H and O–H groups in total. The molecule has 0 fully saturated rings. The van der Waals surface area contributed by atoms with Crippen molar-refractivity contribution in [1.82, 2.24) is 0 Å². The van der Waals surface area contributed by atoms with E-state index in [1.165, 1.54) is 6.92 Å². The molecule has 0 saturated carbocycles. The predicted octanol–water partition coefficient (Wildman–Crippen LogP) is 1.40. The first kappa shape index (κ1) is 9.01. The molecular formula is C7H12O3. The van der Waals surface area contributed by atoms with Crippen LogP contribution in [0.1, 0.15) is 20.3 Å². The Hall–Kier alpha value is -0.990. The van der Waals surface area contributed by atoms with Crippen molar-refractivity contribution in [3.05, 3.63) is 11.8 Å². The lowest BCUT2D eigenvalue weighted by Gasteiger charge is -1.96. The van der Waals surface area contributed by atoms with E-state index >= 15 is 0 Å². The number of hydrogen-bond donors (Lipinski definition) is 1. The summed E-state index contributed by atoms with van der Waals surface area (Å²) in [6.07, 6.45) is 1.85. The number of carbonyl (C=O) groups is 1. The van der Waals surface area contributed by atoms with E-state index < -0.39 is 5.97 Å². The predicted molar refractivity (Wildman–Crippen MR) is 37.6 cm³/mol. The second kappa shape index (κ2) is 4.85. The smallest absolute Gasteiger partial charge is 0.334 e. The molecule has 0 spiro atoms. The van der Waals surface area contributed by atoms with Crippen LogP contribution in [0.3, 0.4) is 0 Å². The summed E-state index contributed by atoms with van der Waals surface area (Å²) in [5.74, 6) is -0.511. The van der Waals surface area contributed by atoms with E-state index in [1.54, 1.807) is 0 Å². The van der Waals surface area contributed by atoms with E-state index in [4.69, 9.17) is 5.11 Å². The number of esters is 1. The quantitative estimate of drug-likeness (QED) is 0.370. The van der Waals surface area contributed by atoms with Crippen LogP contribution in [0.15, 0.2) is 11.8 Å². The van der Waals surface area contributed by atoms with Crippen molar-refractivity contribution in [2.75, 3.05) is 6.61 Å². The Bertz CT molecular complexity index is 134. The fraction of sp³-hybridized carbons (Fsp3) is 0.571. The topological polar surface area (TPSA) is 46.5 Å². The van der Waals surface area contributed by atoms with Gasteiger partial charge in [-0.2, -0.15) is 0 Å². The molecule has 58 valence electrons. The van der Waals surface area contributed by atoms with Crippen molar-refractivity contribution < 1.29 is 14.6 Å². The van der Waals surface area contributed by atoms with E-state index in [0.29, 0.717) is 6.61 Å². The van der Waals surface area contributed by atoms with Gasteiger partial charge >= 0.3 is 5.97 Å². The van der Waals surface area contributed by atoms with Gasteiger partial charge in [-0.25, -0.2) is 4.79 Å². The molecule has 0 atom stereocenters. The molecule has 3 heteroatoms. The van der Waals surface area contributed by atoms with E-state index in [1.807, 2.05) is 6.92 Å². The SMILES string of the molecule is CCCOC(=O)/C=C(\C)O. The summed E-state index contributed by atoms with van der Waals surface area (Å²) in [5, 5.41) is 8.58. The van der Waals surface area contributed by atoms with Gasteiger partial charge in [-0.3, -0.25) is 0 Å². The molecule has 0 aromatic heterocycles. The Balaban J connectivity index is 3.54. The third-order valence-electron chi connectivity index (χ3n) is 0.775. The maximum absolute atomic E-state index is 10.6. The molecule has 0 heterocycles. The molecule has 10 heavy (non-hydrogen) atoms. The molecule has 0 aromatic rings. The second-order valence-corrected chi connectivity index (χ2v) is 1.95. The van der Waals surface area contributed by atoms with Crippen molar-refractivity contribution >= 4 is 5.97 Å². The molecule has 0 aromatic carbocycles. The van der Waals surface area contributed by atoms with Crippen LogP contribution in [0, 0.1) is 0 Å². The molecule has 0 aliphatic heterocycles. The maximum Gasteiger partial charge on any atom is 0.334 e. The fourth-order valence-electron chi connectivity index (χ4n) is 0.415. The normalized spacial score (nSPS) is 11.2. The Morgan fingerprint density at radius 3 is 2.70 bits per heavy atom. The highest BCUT2D eigenvalue weighted by Crippen LogP contribution is 1.88. The number of hydrogen-bond acceptors (Lipinski definition) is 3. The van der Waals surface area contributed by atoms with Crippen molar-refractivity contribution in [3.63, 3.8) is 0 Å². The second-order valence-electron chi connectivity index (χ2n) is 1.95. The lowest BCUT2D eigenvalue weighted by molar-refractivity contribution is -0.137. The Morgan fingerprint density at radius 1 is 1.70 bits per heavy atom. The Labute approximate surface area is 60.3 Å². The first-order valence-electron chi connectivity index (χ1n) is 3.20. The average molecular weight is 144 g/mol. The number of allylic oxidation sites excluding steroid dienone is 1. The molecule has 0 aliphatic rings. The van der Waals surface area contributed by atoms with Gasteiger partial charge in [0, 0.05) is 0 Å². The molecule has 0 bridgehead atoms. The van der Waals surface area contributed by atoms with Gasteiger partial charge in [-0.05, 0) is 13.3 Å². The summed E-state index contributed by atoms with van der Waals surface area (Å²) in [7, 11) is 0. The number of ether oxygens (including phenoxy) is 1. The minimum absolute atomic E-state index is 0.0268. The van der Waals surface area contributed by atoms with Crippen LogP contribution in [-0.4, -0.2) is 17.7 Å². The number of aliphatic hydroxyl groups excluding tert-OH is 1. The molecule has 0 aliphatic carbocycles. The van der Waals surface area contributed by atoms with Gasteiger partial charge < -0.3 is 9.84 Å². The van der Waals surface area contributed by atoms with Gasteiger partial charge in [0.25, 0.3) is 0 Å². The number of carbonyl (C=O) groups excluding carboxylic acids is 1. The van der Waals surface area contributed by atoms with Crippen molar-refractivity contribution in [3.8, 4) is 0 Å². The summed E-state index contributed by atoms with van der Waals surface area (Å²) >= 11 is 0. The summed E-state index contributed by atoms with van der Waals surface area (Å²) in [4.78, 5) is 10.6. The van der Waals surface area contributed by atoms with Gasteiger partial charge in [0.1, 0.15) is 0 Å². The van der Waals surface area contributed by atoms with Crippen LogP contribution >= 0.6 is 0 Å². The highest BCUT2D eigenvalue weighted by molar-refractivity contribution is 5.82. The van der Waals surface area contributed by atoms with Crippen LogP contribution in [0.5, 0.6) is 0 Å². The Morgan fingerprint density at radius 2 is 2.30 bits per heavy atom. The molecule has 0 amide bonds. The summed E-state index contributed by atoms with van der Waals surface area (Å²) in [6, 6.07) is 0. The maximum atomic E-state index is 10.6. The van der Waals surface area contributed by atoms with Gasteiger partial charge in [0.05, 0.1) is 18.4 Å². The van der Waals surface area contributed by atoms with Crippen LogP contribution in [0.4, 0.5) is 0 Å². The minimum atomic E-state index is -0.484. The summed E-state index contributed by atoms with van der Waals surface area (Å²) < 4.78 is 4.63. The van der Waals surface area contributed by atoms with Gasteiger partial charge in [-0.15, -0.1) is 0 Å². The summed E-state index contributed by atoms with van der Waals surface area (Å²) in [5.41, 5.74) is 0. The molecule has 3 nitrogen and oxygen atoms in total. The van der Waals surface area contributed by atoms with Gasteiger partial charge in [0.15, 0.2) is 0 Å². The van der Waals surface area contributed by atoms with Gasteiger partial charge in [0.2, 0.25) is 0 Å². The zero-order valence-electron chi connectivity index (χ0n) is 6.26. The average Bonchev–Trinajstić information content (AvgIpc) is 1.82. The zero-order valence-corrected chi connectivity index (χ0v) is 6.26. The Kier molecular flexibility index (Phi) is 4.37. The minimum Gasteiger partial charge on any atom is -0.512 e. The number of aliphatic hydroxyl groups is 1. The number of rotatable bonds is 3. The van der Waals surface area contributed by atoms with E-state index in [0.717, 1.165) is 12.5 Å². The molecule has 0 radical (unpaired) electrons. The largest absolute Gasteiger partial charge is 0.512 e. The highest BCUT2D eigenvalue weighted by atomic mass is 16.5. The molecule has 0 saturated heterocycles. The molecule has 0 unspecified atom stereocenters. The zero-order chi connectivity index (χ0) is 7.98. The molecular weight excluding hydrogens is 132 g/mol. The summed E-state index contributed by atoms with van der Waals surface area (Å²) in [6.45, 7) is 3.73. The monoisotopic (exact) mass is 144 g/mol. The van der Waals surface area contributed by atoms with Crippen molar-refractivity contribution in [1.29, 1.82) is 0 Å². The third-order valence-corrected chi connectivity index (χ3v) is 0.775. The fourth-order valence-corrected chi connectivity index (χ4v) is 0.415. The first-order chi connectivity index (χ1) is 4.66. The van der Waals surface area contributed by atoms with E-state index in [-0.39, 0.29) is 5.76 Å². The standard InChI is InChI=1S/C7H12O3/c1-3-4-10-7(9)5-6(2)8/h5,8H,3-4H2,1-2H3/b6-5+. The van der Waals surface area contributed by atoms with Crippen LogP contribution < -0.4 is 0 Å². The van der Waals surface area contributed by atoms with Gasteiger partial charge in [-0.1, -0.05) is 6.92 Å². The van der Waals surface area contributed by atoms with Crippen LogP contribution in [0.2, 0.25) is 0 Å².